The number of esters is 1. The average Bonchev–Trinajstić information content (AvgIpc) is 4.07. The molecular formula is C51H60N8O13S. The predicted molar refractivity (Wildman–Crippen MR) is 270 cm³/mol. The molecule has 0 fully saturated rings. The van der Waals surface area contributed by atoms with Crippen LogP contribution in [-0.4, -0.2) is 150 Å². The van der Waals surface area contributed by atoms with Crippen LogP contribution in [0.4, 0.5) is 11.4 Å². The second kappa shape index (κ2) is 29.5. The zero-order chi connectivity index (χ0) is 51.8. The number of hydrogen-bond acceptors (Lipinski definition) is 17. The molecule has 0 bridgehead atoms. The second-order valence-electron chi connectivity index (χ2n) is 15.9. The minimum absolute atomic E-state index is 0.0351. The number of benzene rings is 3. The van der Waals surface area contributed by atoms with Gasteiger partial charge in [-0.3, -0.25) is 19.2 Å². The molecule has 0 saturated carbocycles. The number of carbonyl (C=O) groups excluding carboxylic acids is 5. The van der Waals surface area contributed by atoms with E-state index in [1.54, 1.807) is 36.3 Å². The molecule has 0 unspecified atom stereocenters. The molecule has 6 rings (SSSR count). The van der Waals surface area contributed by atoms with E-state index in [0.717, 1.165) is 29.5 Å². The Morgan fingerprint density at radius 3 is 1.89 bits per heavy atom. The van der Waals surface area contributed by atoms with Gasteiger partial charge in [-0.25, -0.2) is 14.5 Å². The Kier molecular flexibility index (Phi) is 22.3. The van der Waals surface area contributed by atoms with Crippen LogP contribution in [0, 0.1) is 0 Å². The largest absolute Gasteiger partial charge is 0.464 e. The van der Waals surface area contributed by atoms with Crippen molar-refractivity contribution in [3.63, 3.8) is 0 Å². The SMILES string of the molecule is C=C(NC(=O)c1csc(-c2ccc(NC(=O)CCC(=O)N3Cc4ccccc4-c4c(nnn4CCOCCOCCOCCOCCOCCOCCOC)-c4ccccc43)cc2)n1)C(=O)NC(=C)C(=O)OC. The Morgan fingerprint density at radius 1 is 0.671 bits per heavy atom. The third-order valence-electron chi connectivity index (χ3n) is 10.8. The predicted octanol–water partition coefficient (Wildman–Crippen LogP) is 4.79. The topological polar surface area (TPSA) is 242 Å². The molecule has 388 valence electrons. The molecule has 73 heavy (non-hydrogen) atoms. The minimum Gasteiger partial charge on any atom is -0.464 e. The molecule has 4 amide bonds. The quantitative estimate of drug-likeness (QED) is 0.0307. The van der Waals surface area contributed by atoms with Crippen molar-refractivity contribution < 1.29 is 61.9 Å². The van der Waals surface area contributed by atoms with Crippen molar-refractivity contribution in [3.8, 4) is 33.1 Å². The summed E-state index contributed by atoms with van der Waals surface area (Å²) in [7, 11) is 2.77. The lowest BCUT2D eigenvalue weighted by Gasteiger charge is -2.28. The first-order chi connectivity index (χ1) is 35.6. The molecule has 22 heteroatoms. The number of ether oxygens (including phenoxy) is 8. The van der Waals surface area contributed by atoms with E-state index in [9.17, 15) is 24.0 Å². The van der Waals surface area contributed by atoms with E-state index >= 15 is 0 Å². The van der Waals surface area contributed by atoms with Crippen LogP contribution in [0.1, 0.15) is 28.9 Å². The number of amides is 4. The van der Waals surface area contributed by atoms with Crippen LogP contribution < -0.4 is 20.9 Å². The summed E-state index contributed by atoms with van der Waals surface area (Å²) >= 11 is 1.20. The highest BCUT2D eigenvalue weighted by Crippen LogP contribution is 2.41. The molecule has 1 aliphatic rings. The monoisotopic (exact) mass is 1020 g/mol. The van der Waals surface area contributed by atoms with Crippen molar-refractivity contribution in [1.29, 1.82) is 0 Å². The number of rotatable bonds is 31. The normalized spacial score (nSPS) is 11.6. The average molecular weight is 1030 g/mol. The summed E-state index contributed by atoms with van der Waals surface area (Å²) in [5, 5.41) is 18.6. The lowest BCUT2D eigenvalue weighted by molar-refractivity contribution is -0.137. The van der Waals surface area contributed by atoms with Gasteiger partial charge in [-0.1, -0.05) is 60.8 Å². The summed E-state index contributed by atoms with van der Waals surface area (Å²) in [5.74, 6) is -2.97. The van der Waals surface area contributed by atoms with Crippen molar-refractivity contribution in [1.82, 2.24) is 30.6 Å². The molecular weight excluding hydrogens is 965 g/mol. The number of carbonyl (C=O) groups is 5. The number of aromatic nitrogens is 4. The number of thiazole rings is 1. The molecule has 3 heterocycles. The fourth-order valence-electron chi connectivity index (χ4n) is 7.12. The first-order valence-electron chi connectivity index (χ1n) is 23.4. The molecule has 0 atom stereocenters. The van der Waals surface area contributed by atoms with Crippen molar-refractivity contribution in [2.24, 2.45) is 0 Å². The molecule has 3 N–H and O–H groups in total. The Morgan fingerprint density at radius 2 is 1.26 bits per heavy atom. The van der Waals surface area contributed by atoms with Crippen molar-refractivity contribution in [2.75, 3.05) is 110 Å². The summed E-state index contributed by atoms with van der Waals surface area (Å²) in [4.78, 5) is 70.0. The number of nitrogens with zero attached hydrogens (tertiary/aromatic N) is 5. The van der Waals surface area contributed by atoms with E-state index in [2.05, 4.69) is 49.1 Å². The van der Waals surface area contributed by atoms with Gasteiger partial charge < -0.3 is 58.7 Å². The fourth-order valence-corrected chi connectivity index (χ4v) is 7.93. The van der Waals surface area contributed by atoms with E-state index in [0.29, 0.717) is 120 Å². The minimum atomic E-state index is -0.846. The van der Waals surface area contributed by atoms with Crippen LogP contribution in [0.15, 0.2) is 103 Å². The van der Waals surface area contributed by atoms with Crippen molar-refractivity contribution in [2.45, 2.75) is 25.9 Å². The number of nitrogens with one attached hydrogen (secondary N) is 3. The maximum absolute atomic E-state index is 14.1. The summed E-state index contributed by atoms with van der Waals surface area (Å²) in [6, 6.07) is 22.2. The standard InChI is InChI=1S/C51H60N8O13S/c1-35(48(62)53-36(2)51(64)66-4)52-49(63)42-34-73-50(55-42)37-13-15-39(16-14-37)54-44(60)17-18-45(61)58-33-38-9-5-6-10-40(38)47-46(41-11-7-8-12-43(41)58)56-57-59(47)19-20-67-23-24-69-27-28-71-31-32-72-30-29-70-26-25-68-22-21-65-3/h5-16,34H,1-2,17-33H2,3-4H3,(H,52,63)(H,53,62)(H,54,60). The van der Waals surface area contributed by atoms with Gasteiger partial charge >= 0.3 is 5.97 Å². The third-order valence-corrected chi connectivity index (χ3v) is 11.7. The summed E-state index contributed by atoms with van der Waals surface area (Å²) in [6.45, 7) is 13.7. The van der Waals surface area contributed by atoms with Crippen LogP contribution in [0.5, 0.6) is 0 Å². The lowest BCUT2D eigenvalue weighted by atomic mass is 9.95. The maximum atomic E-state index is 14.1. The van der Waals surface area contributed by atoms with Crippen LogP contribution in [0.2, 0.25) is 0 Å². The summed E-state index contributed by atoms with van der Waals surface area (Å²) in [5.41, 5.74) is 5.14. The Bertz CT molecular complexity index is 2660. The second-order valence-corrected chi connectivity index (χ2v) is 16.7. The van der Waals surface area contributed by atoms with Crippen LogP contribution >= 0.6 is 11.3 Å². The highest BCUT2D eigenvalue weighted by molar-refractivity contribution is 7.13. The molecule has 0 saturated heterocycles. The number of hydrogen-bond donors (Lipinski definition) is 3. The van der Waals surface area contributed by atoms with E-state index in [4.69, 9.17) is 33.2 Å². The maximum Gasteiger partial charge on any atom is 0.353 e. The smallest absolute Gasteiger partial charge is 0.353 e. The molecule has 0 spiro atoms. The van der Waals surface area contributed by atoms with E-state index < -0.39 is 17.8 Å². The van der Waals surface area contributed by atoms with Gasteiger partial charge in [0.1, 0.15) is 22.1 Å². The van der Waals surface area contributed by atoms with Gasteiger partial charge in [0.2, 0.25) is 11.8 Å². The Hall–Kier alpha value is -7.02. The molecule has 3 aromatic carbocycles. The lowest BCUT2D eigenvalue weighted by Crippen LogP contribution is -2.35. The Labute approximate surface area is 426 Å². The molecule has 0 aliphatic carbocycles. The highest BCUT2D eigenvalue weighted by Gasteiger charge is 2.29. The van der Waals surface area contributed by atoms with E-state index in [-0.39, 0.29) is 48.3 Å². The van der Waals surface area contributed by atoms with E-state index in [1.807, 2.05) is 53.2 Å². The van der Waals surface area contributed by atoms with Gasteiger partial charge in [-0.05, 0) is 35.9 Å². The van der Waals surface area contributed by atoms with Gasteiger partial charge in [0.15, 0.2) is 0 Å². The first kappa shape index (κ1) is 55.3. The number of para-hydroxylation sites is 1. The molecule has 1 aliphatic heterocycles. The molecule has 21 nitrogen and oxygen atoms in total. The van der Waals surface area contributed by atoms with Gasteiger partial charge in [-0.15, -0.1) is 16.4 Å². The van der Waals surface area contributed by atoms with Crippen molar-refractivity contribution in [3.05, 3.63) is 114 Å². The van der Waals surface area contributed by atoms with E-state index in [1.165, 1.54) is 16.7 Å². The summed E-state index contributed by atoms with van der Waals surface area (Å²) in [6.07, 6.45) is -0.141. The van der Waals surface area contributed by atoms with Gasteiger partial charge in [0, 0.05) is 47.7 Å². The molecule has 5 aromatic rings. The summed E-state index contributed by atoms with van der Waals surface area (Å²) < 4.78 is 44.7. The van der Waals surface area contributed by atoms with Gasteiger partial charge in [0.25, 0.3) is 11.8 Å². The van der Waals surface area contributed by atoms with Crippen LogP contribution in [0.25, 0.3) is 33.1 Å². The number of methoxy groups -OCH3 is 2. The van der Waals surface area contributed by atoms with Crippen LogP contribution in [0.3, 0.4) is 0 Å². The highest BCUT2D eigenvalue weighted by atomic mass is 32.1. The van der Waals surface area contributed by atoms with Crippen molar-refractivity contribution >= 4 is 52.3 Å². The van der Waals surface area contributed by atoms with Crippen LogP contribution in [-0.2, 0) is 70.2 Å². The zero-order valence-corrected chi connectivity index (χ0v) is 41.7. The number of fused-ring (bicyclic) bond motifs is 5. The zero-order valence-electron chi connectivity index (χ0n) is 40.9. The van der Waals surface area contributed by atoms with Gasteiger partial charge in [-0.2, -0.15) is 0 Å². The molecule has 2 aromatic heterocycles. The first-order valence-corrected chi connectivity index (χ1v) is 24.3. The number of anilines is 2. The Balaban J connectivity index is 0.939. The molecule has 0 radical (unpaired) electrons. The fraction of sp³-hybridized carbons (Fsp3) is 0.373. The third kappa shape index (κ3) is 16.8. The van der Waals surface area contributed by atoms with Gasteiger partial charge in [0.05, 0.1) is 123 Å².